The summed E-state index contributed by atoms with van der Waals surface area (Å²) < 4.78 is 5.39. The van der Waals surface area contributed by atoms with Crippen LogP contribution in [-0.2, 0) is 4.79 Å². The lowest BCUT2D eigenvalue weighted by Crippen LogP contribution is -2.57. The highest BCUT2D eigenvalue weighted by Crippen LogP contribution is 2.30. The summed E-state index contributed by atoms with van der Waals surface area (Å²) in [4.78, 5) is 15.8. The largest absolute Gasteiger partial charge is 0.495 e. The van der Waals surface area contributed by atoms with Crippen LogP contribution in [0.5, 0.6) is 5.75 Å². The normalized spacial score (nSPS) is 19.8. The maximum absolute atomic E-state index is 12.0. The lowest BCUT2D eigenvalue weighted by atomic mass is 10.1. The first-order chi connectivity index (χ1) is 9.06. The number of carbonyl (C=O) groups excluding carboxylic acids is 1. The molecule has 5 nitrogen and oxygen atoms in total. The lowest BCUT2D eigenvalue weighted by molar-refractivity contribution is -0.131. The van der Waals surface area contributed by atoms with E-state index in [-0.39, 0.29) is 11.9 Å². The Kier molecular flexibility index (Phi) is 3.95. The first-order valence-electron chi connectivity index (χ1n) is 6.42. The number of anilines is 1. The average Bonchev–Trinajstić information content (AvgIpc) is 2.41. The Hall–Kier alpha value is -1.75. The van der Waals surface area contributed by atoms with Gasteiger partial charge in [0.2, 0.25) is 5.91 Å². The Labute approximate surface area is 113 Å². The van der Waals surface area contributed by atoms with Crippen molar-refractivity contribution >= 4 is 11.6 Å². The third-order valence-electron chi connectivity index (χ3n) is 3.65. The molecule has 1 aromatic rings. The van der Waals surface area contributed by atoms with E-state index in [0.717, 1.165) is 23.5 Å². The maximum atomic E-state index is 12.0. The zero-order valence-electron chi connectivity index (χ0n) is 11.7. The summed E-state index contributed by atoms with van der Waals surface area (Å²) in [5, 5.41) is 0. The summed E-state index contributed by atoms with van der Waals surface area (Å²) >= 11 is 0. The van der Waals surface area contributed by atoms with Gasteiger partial charge < -0.3 is 20.3 Å². The molecule has 1 aromatic carbocycles. The summed E-state index contributed by atoms with van der Waals surface area (Å²) in [6, 6.07) is 6.03. The fourth-order valence-electron chi connectivity index (χ4n) is 2.38. The number of rotatable bonds is 3. The fourth-order valence-corrected chi connectivity index (χ4v) is 2.38. The Morgan fingerprint density at radius 2 is 2.21 bits per heavy atom. The van der Waals surface area contributed by atoms with Gasteiger partial charge in [-0.3, -0.25) is 4.79 Å². The molecule has 1 unspecified atom stereocenters. The van der Waals surface area contributed by atoms with Crippen molar-refractivity contribution in [1.29, 1.82) is 0 Å². The van der Waals surface area contributed by atoms with Crippen LogP contribution in [0.3, 0.4) is 0 Å². The molecule has 0 saturated carbocycles. The molecule has 5 heteroatoms. The molecule has 0 spiro atoms. The molecule has 0 aliphatic carbocycles. The van der Waals surface area contributed by atoms with Crippen molar-refractivity contribution in [2.24, 2.45) is 5.73 Å². The molecule has 0 radical (unpaired) electrons. The summed E-state index contributed by atoms with van der Waals surface area (Å²) in [5.41, 5.74) is 7.85. The number of hydrogen-bond donors (Lipinski definition) is 1. The van der Waals surface area contributed by atoms with Crippen molar-refractivity contribution in [3.63, 3.8) is 0 Å². The van der Waals surface area contributed by atoms with Crippen molar-refractivity contribution in [3.8, 4) is 5.75 Å². The second-order valence-electron chi connectivity index (χ2n) is 4.95. The summed E-state index contributed by atoms with van der Waals surface area (Å²) in [7, 11) is 3.46. The summed E-state index contributed by atoms with van der Waals surface area (Å²) in [6.45, 7) is 3.60. The standard InChI is InChI=1S/C14H21N3O2/c1-10-4-5-13(19-3)12(6-10)17-8-11(7-15)16(2)14(18)9-17/h4-6,11H,7-9,15H2,1-3H3. The minimum Gasteiger partial charge on any atom is -0.495 e. The molecule has 2 rings (SSSR count). The van der Waals surface area contributed by atoms with Crippen LogP contribution >= 0.6 is 0 Å². The van der Waals surface area contributed by atoms with Crippen molar-refractivity contribution in [3.05, 3.63) is 23.8 Å². The molecular weight excluding hydrogens is 242 g/mol. The van der Waals surface area contributed by atoms with E-state index in [1.165, 1.54) is 0 Å². The van der Waals surface area contributed by atoms with Gasteiger partial charge in [-0.25, -0.2) is 0 Å². The van der Waals surface area contributed by atoms with Crippen LogP contribution in [0.25, 0.3) is 0 Å². The smallest absolute Gasteiger partial charge is 0.242 e. The zero-order valence-corrected chi connectivity index (χ0v) is 11.7. The maximum Gasteiger partial charge on any atom is 0.242 e. The van der Waals surface area contributed by atoms with Crippen LogP contribution in [0.15, 0.2) is 18.2 Å². The number of ether oxygens (including phenoxy) is 1. The molecule has 104 valence electrons. The average molecular weight is 263 g/mol. The van der Waals surface area contributed by atoms with Gasteiger partial charge in [0.05, 0.1) is 25.4 Å². The number of methoxy groups -OCH3 is 1. The monoisotopic (exact) mass is 263 g/mol. The highest BCUT2D eigenvalue weighted by atomic mass is 16.5. The van der Waals surface area contributed by atoms with Gasteiger partial charge in [-0.2, -0.15) is 0 Å². The van der Waals surface area contributed by atoms with E-state index in [1.807, 2.05) is 37.1 Å². The molecule has 1 amide bonds. The molecule has 1 fully saturated rings. The minimum absolute atomic E-state index is 0.0477. The van der Waals surface area contributed by atoms with E-state index >= 15 is 0 Å². The third-order valence-corrected chi connectivity index (χ3v) is 3.65. The molecule has 19 heavy (non-hydrogen) atoms. The number of hydrogen-bond acceptors (Lipinski definition) is 4. The predicted molar refractivity (Wildman–Crippen MR) is 75.6 cm³/mol. The van der Waals surface area contributed by atoms with Gasteiger partial charge in [0.1, 0.15) is 5.75 Å². The topological polar surface area (TPSA) is 58.8 Å². The van der Waals surface area contributed by atoms with E-state index in [0.29, 0.717) is 13.1 Å². The Balaban J connectivity index is 2.31. The molecule has 0 bridgehead atoms. The van der Waals surface area contributed by atoms with Crippen LogP contribution in [0.1, 0.15) is 5.56 Å². The number of aryl methyl sites for hydroxylation is 1. The second kappa shape index (κ2) is 5.48. The quantitative estimate of drug-likeness (QED) is 0.868. The Bertz CT molecular complexity index is 476. The molecule has 0 aromatic heterocycles. The first kappa shape index (κ1) is 13.7. The van der Waals surface area contributed by atoms with Crippen LogP contribution in [0, 0.1) is 6.92 Å². The highest BCUT2D eigenvalue weighted by Gasteiger charge is 2.30. The number of nitrogens with two attached hydrogens (primary N) is 1. The van der Waals surface area contributed by atoms with Gasteiger partial charge in [0, 0.05) is 20.1 Å². The number of carbonyl (C=O) groups is 1. The molecule has 1 heterocycles. The van der Waals surface area contributed by atoms with E-state index in [4.69, 9.17) is 10.5 Å². The van der Waals surface area contributed by atoms with Crippen LogP contribution in [0.2, 0.25) is 0 Å². The van der Waals surface area contributed by atoms with Gasteiger partial charge in [0.25, 0.3) is 0 Å². The van der Waals surface area contributed by atoms with Crippen LogP contribution in [0.4, 0.5) is 5.69 Å². The molecule has 1 atom stereocenters. The highest BCUT2D eigenvalue weighted by molar-refractivity contribution is 5.84. The zero-order chi connectivity index (χ0) is 14.0. The first-order valence-corrected chi connectivity index (χ1v) is 6.42. The third kappa shape index (κ3) is 2.66. The lowest BCUT2D eigenvalue weighted by Gasteiger charge is -2.40. The Morgan fingerprint density at radius 1 is 1.47 bits per heavy atom. The molecular formula is C14H21N3O2. The minimum atomic E-state index is 0.0477. The van der Waals surface area contributed by atoms with E-state index in [2.05, 4.69) is 0 Å². The molecule has 1 aliphatic rings. The Morgan fingerprint density at radius 3 is 2.84 bits per heavy atom. The number of piperazine rings is 1. The van der Waals surface area contributed by atoms with Crippen LogP contribution in [-0.4, -0.2) is 50.6 Å². The second-order valence-corrected chi connectivity index (χ2v) is 4.95. The van der Waals surface area contributed by atoms with E-state index in [1.54, 1.807) is 12.0 Å². The summed E-state index contributed by atoms with van der Waals surface area (Å²) in [5.74, 6) is 0.879. The van der Waals surface area contributed by atoms with Crippen molar-refractivity contribution in [2.45, 2.75) is 13.0 Å². The van der Waals surface area contributed by atoms with Crippen molar-refractivity contribution in [2.75, 3.05) is 38.7 Å². The molecule has 1 aliphatic heterocycles. The predicted octanol–water partition coefficient (Wildman–Crippen LogP) is 0.609. The van der Waals surface area contributed by atoms with Gasteiger partial charge in [-0.15, -0.1) is 0 Å². The van der Waals surface area contributed by atoms with Crippen molar-refractivity contribution < 1.29 is 9.53 Å². The van der Waals surface area contributed by atoms with Gasteiger partial charge in [-0.1, -0.05) is 6.07 Å². The van der Waals surface area contributed by atoms with Gasteiger partial charge in [0.15, 0.2) is 0 Å². The SMILES string of the molecule is COc1ccc(C)cc1N1CC(=O)N(C)C(CN)C1. The fraction of sp³-hybridized carbons (Fsp3) is 0.500. The van der Waals surface area contributed by atoms with E-state index in [9.17, 15) is 4.79 Å². The number of nitrogens with zero attached hydrogens (tertiary/aromatic N) is 2. The van der Waals surface area contributed by atoms with Gasteiger partial charge >= 0.3 is 0 Å². The molecule has 2 N–H and O–H groups in total. The summed E-state index contributed by atoms with van der Waals surface area (Å²) in [6.07, 6.45) is 0. The number of likely N-dealkylation sites (N-methyl/N-ethyl adjacent to an activating group) is 1. The van der Waals surface area contributed by atoms with Crippen molar-refractivity contribution in [1.82, 2.24) is 4.90 Å². The van der Waals surface area contributed by atoms with Crippen LogP contribution < -0.4 is 15.4 Å². The van der Waals surface area contributed by atoms with E-state index < -0.39 is 0 Å². The number of benzene rings is 1. The molecule has 1 saturated heterocycles. The van der Waals surface area contributed by atoms with Gasteiger partial charge in [-0.05, 0) is 24.6 Å². The number of amides is 1.